The fraction of sp³-hybridized carbons (Fsp3) is 0.118. The van der Waals surface area contributed by atoms with E-state index in [0.717, 1.165) is 11.3 Å². The standard InChI is InChI=1S/C34H30N2O5S2/c1-4-12-26-21-25(22-30(40-5-2)32(26)41-43(38,39)29-19-17-24(3)18-20-29)23-31-33(37)36(28-15-10-7-11-16-28)34(42-31)35-27-13-8-6-9-14-27/h4,6-11,13-23H,1,5,12H2,2-3H3/b31-23+,35-34?. The molecule has 1 aliphatic heterocycles. The van der Waals surface area contributed by atoms with E-state index < -0.39 is 10.1 Å². The van der Waals surface area contributed by atoms with Crippen LogP contribution in [0.4, 0.5) is 11.4 Å². The quantitative estimate of drug-likeness (QED) is 0.104. The third-order valence-corrected chi connectivity index (χ3v) is 8.62. The van der Waals surface area contributed by atoms with Gasteiger partial charge < -0.3 is 8.92 Å². The molecule has 1 fully saturated rings. The predicted octanol–water partition coefficient (Wildman–Crippen LogP) is 7.70. The number of carbonyl (C=O) groups excluding carboxylic acids is 1. The van der Waals surface area contributed by atoms with Crippen molar-refractivity contribution in [2.45, 2.75) is 25.2 Å². The lowest BCUT2D eigenvalue weighted by molar-refractivity contribution is -0.113. The van der Waals surface area contributed by atoms with Gasteiger partial charge in [0.25, 0.3) is 5.91 Å². The third-order valence-electron chi connectivity index (χ3n) is 6.42. The Bertz CT molecular complexity index is 1800. The van der Waals surface area contributed by atoms with Crippen LogP contribution in [-0.2, 0) is 21.3 Å². The van der Waals surface area contributed by atoms with E-state index in [1.54, 1.807) is 48.2 Å². The van der Waals surface area contributed by atoms with Gasteiger partial charge in [-0.2, -0.15) is 8.42 Å². The van der Waals surface area contributed by atoms with Crippen LogP contribution in [0.15, 0.2) is 125 Å². The van der Waals surface area contributed by atoms with Crippen LogP contribution in [0.2, 0.25) is 0 Å². The number of aliphatic imine (C=N–C) groups is 1. The van der Waals surface area contributed by atoms with Gasteiger partial charge in [0, 0.05) is 5.56 Å². The van der Waals surface area contributed by atoms with Crippen LogP contribution in [0.1, 0.15) is 23.6 Å². The summed E-state index contributed by atoms with van der Waals surface area (Å²) in [4.78, 5) is 20.6. The SMILES string of the molecule is C=CCc1cc(/C=C2/SC(=Nc3ccccc3)N(c3ccccc3)C2=O)cc(OCC)c1OS(=O)(=O)c1ccc(C)cc1. The number of allylic oxidation sites excluding steroid dienone is 1. The first-order valence-corrected chi connectivity index (χ1v) is 15.9. The fourth-order valence-corrected chi connectivity index (χ4v) is 6.39. The molecular weight excluding hydrogens is 581 g/mol. The van der Waals surface area contributed by atoms with Gasteiger partial charge in [0.1, 0.15) is 4.90 Å². The Morgan fingerprint density at radius 1 is 0.953 bits per heavy atom. The van der Waals surface area contributed by atoms with Crippen molar-refractivity contribution in [3.8, 4) is 11.5 Å². The number of ether oxygens (including phenoxy) is 1. The molecule has 4 aromatic carbocycles. The van der Waals surface area contributed by atoms with Gasteiger partial charge in [-0.25, -0.2) is 4.99 Å². The molecule has 0 aliphatic carbocycles. The molecule has 0 N–H and O–H groups in total. The molecule has 9 heteroatoms. The molecule has 5 rings (SSSR count). The molecule has 0 saturated carbocycles. The smallest absolute Gasteiger partial charge is 0.339 e. The van der Waals surface area contributed by atoms with Gasteiger partial charge in [-0.3, -0.25) is 9.69 Å². The molecular formula is C34H30N2O5S2. The second-order valence-corrected chi connectivity index (χ2v) is 12.2. The van der Waals surface area contributed by atoms with Gasteiger partial charge in [0.2, 0.25) is 0 Å². The lowest BCUT2D eigenvalue weighted by Crippen LogP contribution is -2.28. The summed E-state index contributed by atoms with van der Waals surface area (Å²) >= 11 is 1.26. The van der Waals surface area contributed by atoms with Crippen molar-refractivity contribution in [3.05, 3.63) is 131 Å². The van der Waals surface area contributed by atoms with E-state index in [-0.39, 0.29) is 28.9 Å². The molecule has 0 aromatic heterocycles. The monoisotopic (exact) mass is 610 g/mol. The van der Waals surface area contributed by atoms with Crippen LogP contribution < -0.4 is 13.8 Å². The summed E-state index contributed by atoms with van der Waals surface area (Å²) in [5.74, 6) is 0.112. The lowest BCUT2D eigenvalue weighted by Gasteiger charge is -2.17. The Balaban J connectivity index is 1.56. The molecule has 0 radical (unpaired) electrons. The van der Waals surface area contributed by atoms with Gasteiger partial charge in [0.05, 0.1) is 22.9 Å². The molecule has 1 heterocycles. The largest absolute Gasteiger partial charge is 0.490 e. The highest BCUT2D eigenvalue weighted by molar-refractivity contribution is 8.19. The Morgan fingerprint density at radius 3 is 2.28 bits per heavy atom. The number of hydrogen-bond acceptors (Lipinski definition) is 7. The van der Waals surface area contributed by atoms with Crippen LogP contribution in [0.3, 0.4) is 0 Å². The number of amidine groups is 1. The van der Waals surface area contributed by atoms with Crippen molar-refractivity contribution in [2.75, 3.05) is 11.5 Å². The van der Waals surface area contributed by atoms with Crippen molar-refractivity contribution < 1.29 is 22.1 Å². The minimum absolute atomic E-state index is 0.0375. The van der Waals surface area contributed by atoms with Crippen LogP contribution in [0, 0.1) is 6.92 Å². The highest BCUT2D eigenvalue weighted by Crippen LogP contribution is 2.40. The Morgan fingerprint density at radius 2 is 1.63 bits per heavy atom. The van der Waals surface area contributed by atoms with Crippen molar-refractivity contribution in [1.29, 1.82) is 0 Å². The van der Waals surface area contributed by atoms with Gasteiger partial charge >= 0.3 is 10.1 Å². The molecule has 1 aliphatic rings. The average Bonchev–Trinajstić information content (AvgIpc) is 3.30. The van der Waals surface area contributed by atoms with Crippen LogP contribution in [0.5, 0.6) is 11.5 Å². The first-order chi connectivity index (χ1) is 20.8. The number of anilines is 1. The van der Waals surface area contributed by atoms with Gasteiger partial charge in [-0.1, -0.05) is 60.2 Å². The molecule has 1 saturated heterocycles. The first-order valence-electron chi connectivity index (χ1n) is 13.6. The zero-order valence-corrected chi connectivity index (χ0v) is 25.4. The molecule has 0 bridgehead atoms. The summed E-state index contributed by atoms with van der Waals surface area (Å²) in [5.41, 5.74) is 3.55. The summed E-state index contributed by atoms with van der Waals surface area (Å²) < 4.78 is 38.0. The third kappa shape index (κ3) is 6.90. The van der Waals surface area contributed by atoms with Crippen molar-refractivity contribution in [2.24, 2.45) is 4.99 Å². The Labute approximate surface area is 256 Å². The number of hydrogen-bond donors (Lipinski definition) is 0. The molecule has 0 spiro atoms. The lowest BCUT2D eigenvalue weighted by atomic mass is 10.0. The van der Waals surface area contributed by atoms with E-state index in [1.807, 2.05) is 67.6 Å². The summed E-state index contributed by atoms with van der Waals surface area (Å²) in [7, 11) is -4.14. The van der Waals surface area contributed by atoms with Crippen molar-refractivity contribution >= 4 is 50.4 Å². The number of carbonyl (C=O) groups is 1. The summed E-state index contributed by atoms with van der Waals surface area (Å²) in [5, 5.41) is 0.522. The molecule has 43 heavy (non-hydrogen) atoms. The summed E-state index contributed by atoms with van der Waals surface area (Å²) in [6.45, 7) is 7.79. The molecule has 4 aromatic rings. The van der Waals surface area contributed by atoms with Gasteiger partial charge in [0.15, 0.2) is 16.7 Å². The van der Waals surface area contributed by atoms with Gasteiger partial charge in [-0.05, 0) is 92.2 Å². The fourth-order valence-electron chi connectivity index (χ4n) is 4.41. The predicted molar refractivity (Wildman–Crippen MR) is 174 cm³/mol. The molecule has 218 valence electrons. The van der Waals surface area contributed by atoms with E-state index >= 15 is 0 Å². The summed E-state index contributed by atoms with van der Waals surface area (Å²) in [6, 6.07) is 28.7. The minimum atomic E-state index is -4.14. The maximum Gasteiger partial charge on any atom is 0.339 e. The average molecular weight is 611 g/mol. The zero-order valence-electron chi connectivity index (χ0n) is 23.8. The second-order valence-electron chi connectivity index (χ2n) is 9.60. The van der Waals surface area contributed by atoms with E-state index in [2.05, 4.69) is 6.58 Å². The number of nitrogens with zero attached hydrogens (tertiary/aromatic N) is 2. The Kier molecular flexibility index (Phi) is 9.13. The van der Waals surface area contributed by atoms with E-state index in [1.165, 1.54) is 23.9 Å². The second kappa shape index (κ2) is 13.1. The topological polar surface area (TPSA) is 85.3 Å². The number of amides is 1. The number of rotatable bonds is 10. The molecule has 1 amide bonds. The van der Waals surface area contributed by atoms with Crippen LogP contribution in [-0.4, -0.2) is 26.1 Å². The first kappa shape index (κ1) is 29.9. The molecule has 0 atom stereocenters. The van der Waals surface area contributed by atoms with Gasteiger partial charge in [-0.15, -0.1) is 6.58 Å². The van der Waals surface area contributed by atoms with E-state index in [4.69, 9.17) is 13.9 Å². The minimum Gasteiger partial charge on any atom is -0.490 e. The molecule has 0 unspecified atom stereocenters. The number of para-hydroxylation sites is 2. The number of thioether (sulfide) groups is 1. The highest BCUT2D eigenvalue weighted by Gasteiger charge is 2.35. The maximum absolute atomic E-state index is 13.8. The normalized spacial score (nSPS) is 15.2. The zero-order chi connectivity index (χ0) is 30.4. The van der Waals surface area contributed by atoms with Crippen molar-refractivity contribution in [3.63, 3.8) is 0 Å². The van der Waals surface area contributed by atoms with Crippen molar-refractivity contribution in [1.82, 2.24) is 0 Å². The van der Waals surface area contributed by atoms with E-state index in [9.17, 15) is 13.2 Å². The maximum atomic E-state index is 13.8. The molecule has 7 nitrogen and oxygen atoms in total. The van der Waals surface area contributed by atoms with Crippen LogP contribution in [0.25, 0.3) is 6.08 Å². The van der Waals surface area contributed by atoms with Crippen LogP contribution >= 0.6 is 11.8 Å². The summed E-state index contributed by atoms with van der Waals surface area (Å²) in [6.07, 6.45) is 3.72. The highest BCUT2D eigenvalue weighted by atomic mass is 32.2. The Hall–Kier alpha value is -4.60. The number of aryl methyl sites for hydroxylation is 1. The van der Waals surface area contributed by atoms with E-state index in [0.29, 0.717) is 33.3 Å². The number of benzene rings is 4.